The minimum Gasteiger partial charge on any atom is -0.330 e. The SMILES string of the molecule is CCCCc1nnc(NC(=O)c2csc(CCN)n2)s1. The van der Waals surface area contributed by atoms with Gasteiger partial charge in [-0.1, -0.05) is 24.7 Å². The molecule has 2 rings (SSSR count). The van der Waals surface area contributed by atoms with E-state index in [1.165, 1.54) is 22.7 Å². The van der Waals surface area contributed by atoms with E-state index in [1.54, 1.807) is 5.38 Å². The van der Waals surface area contributed by atoms with E-state index in [9.17, 15) is 4.79 Å². The summed E-state index contributed by atoms with van der Waals surface area (Å²) in [4.78, 5) is 16.2. The van der Waals surface area contributed by atoms with Gasteiger partial charge in [-0.25, -0.2) is 4.98 Å². The van der Waals surface area contributed by atoms with Crippen LogP contribution >= 0.6 is 22.7 Å². The highest BCUT2D eigenvalue weighted by Gasteiger charge is 2.13. The largest absolute Gasteiger partial charge is 0.330 e. The van der Waals surface area contributed by atoms with Gasteiger partial charge >= 0.3 is 0 Å². The monoisotopic (exact) mass is 311 g/mol. The predicted octanol–water partition coefficient (Wildman–Crippen LogP) is 2.09. The fourth-order valence-corrected chi connectivity index (χ4v) is 3.12. The molecule has 0 aliphatic heterocycles. The third-order valence-electron chi connectivity index (χ3n) is 2.57. The van der Waals surface area contributed by atoms with Crippen molar-refractivity contribution in [1.82, 2.24) is 15.2 Å². The number of aryl methyl sites for hydroxylation is 1. The first-order valence-corrected chi connectivity index (χ1v) is 8.20. The van der Waals surface area contributed by atoms with Crippen molar-refractivity contribution in [1.29, 1.82) is 0 Å². The Hall–Kier alpha value is -1.38. The van der Waals surface area contributed by atoms with Crippen LogP contribution in [-0.4, -0.2) is 27.6 Å². The van der Waals surface area contributed by atoms with Crippen LogP contribution in [0.3, 0.4) is 0 Å². The molecule has 0 aromatic carbocycles. The topological polar surface area (TPSA) is 93.8 Å². The van der Waals surface area contributed by atoms with Crippen molar-refractivity contribution in [2.45, 2.75) is 32.6 Å². The number of nitrogens with one attached hydrogen (secondary N) is 1. The lowest BCUT2D eigenvalue weighted by molar-refractivity contribution is 0.102. The molecule has 0 saturated heterocycles. The Morgan fingerprint density at radius 1 is 1.35 bits per heavy atom. The average Bonchev–Trinajstić information content (AvgIpc) is 3.06. The molecule has 0 radical (unpaired) electrons. The van der Waals surface area contributed by atoms with Crippen molar-refractivity contribution in [3.63, 3.8) is 0 Å². The number of carbonyl (C=O) groups excluding carboxylic acids is 1. The summed E-state index contributed by atoms with van der Waals surface area (Å²) in [5.74, 6) is -0.247. The minimum atomic E-state index is -0.247. The fourth-order valence-electron chi connectivity index (χ4n) is 1.55. The number of amides is 1. The number of hydrogen-bond acceptors (Lipinski definition) is 7. The van der Waals surface area contributed by atoms with Crippen LogP contribution < -0.4 is 11.1 Å². The van der Waals surface area contributed by atoms with Gasteiger partial charge in [0, 0.05) is 18.2 Å². The zero-order valence-electron chi connectivity index (χ0n) is 11.3. The van der Waals surface area contributed by atoms with Crippen LogP contribution in [0.2, 0.25) is 0 Å². The number of unbranched alkanes of at least 4 members (excludes halogenated alkanes) is 1. The van der Waals surface area contributed by atoms with E-state index in [0.717, 1.165) is 29.3 Å². The molecule has 0 bridgehead atoms. The Kier molecular flexibility index (Phi) is 5.57. The molecule has 0 aliphatic rings. The number of nitrogens with zero attached hydrogens (tertiary/aromatic N) is 3. The molecule has 0 unspecified atom stereocenters. The standard InChI is InChI=1S/C12H17N5OS2/c1-2-3-4-10-16-17-12(20-10)15-11(18)8-7-19-9(14-8)5-6-13/h7H,2-6,13H2,1H3,(H,15,17,18). The first kappa shape index (κ1) is 15.0. The zero-order chi connectivity index (χ0) is 14.4. The van der Waals surface area contributed by atoms with Crippen LogP contribution in [0.1, 0.15) is 40.3 Å². The van der Waals surface area contributed by atoms with Crippen LogP contribution in [0.5, 0.6) is 0 Å². The predicted molar refractivity (Wildman–Crippen MR) is 81.3 cm³/mol. The van der Waals surface area contributed by atoms with Crippen molar-refractivity contribution in [2.24, 2.45) is 5.73 Å². The molecule has 0 spiro atoms. The third-order valence-corrected chi connectivity index (χ3v) is 4.38. The molecule has 6 nitrogen and oxygen atoms in total. The summed E-state index contributed by atoms with van der Waals surface area (Å²) in [7, 11) is 0. The molecule has 0 atom stereocenters. The number of thiazole rings is 1. The molecular weight excluding hydrogens is 294 g/mol. The number of rotatable bonds is 7. The molecule has 2 heterocycles. The van der Waals surface area contributed by atoms with Crippen LogP contribution in [0.15, 0.2) is 5.38 Å². The smallest absolute Gasteiger partial charge is 0.276 e. The van der Waals surface area contributed by atoms with Crippen molar-refractivity contribution in [3.05, 3.63) is 21.1 Å². The molecular formula is C12H17N5OS2. The summed E-state index contributed by atoms with van der Waals surface area (Å²) < 4.78 is 0. The van der Waals surface area contributed by atoms with E-state index in [1.807, 2.05) is 0 Å². The van der Waals surface area contributed by atoms with Crippen molar-refractivity contribution in [2.75, 3.05) is 11.9 Å². The second-order valence-electron chi connectivity index (χ2n) is 4.22. The highest BCUT2D eigenvalue weighted by molar-refractivity contribution is 7.15. The summed E-state index contributed by atoms with van der Waals surface area (Å²) in [6.45, 7) is 2.66. The Morgan fingerprint density at radius 2 is 2.20 bits per heavy atom. The molecule has 0 fully saturated rings. The van der Waals surface area contributed by atoms with Crippen LogP contribution in [-0.2, 0) is 12.8 Å². The maximum atomic E-state index is 12.0. The number of aromatic nitrogens is 3. The van der Waals surface area contributed by atoms with Crippen molar-refractivity contribution >= 4 is 33.7 Å². The first-order valence-electron chi connectivity index (χ1n) is 6.51. The number of hydrogen-bond donors (Lipinski definition) is 2. The third kappa shape index (κ3) is 4.06. The summed E-state index contributed by atoms with van der Waals surface area (Å²) in [6, 6.07) is 0. The highest BCUT2D eigenvalue weighted by atomic mass is 32.1. The van der Waals surface area contributed by atoms with Crippen LogP contribution in [0.25, 0.3) is 0 Å². The zero-order valence-corrected chi connectivity index (χ0v) is 12.9. The molecule has 1 amide bonds. The highest BCUT2D eigenvalue weighted by Crippen LogP contribution is 2.18. The molecule has 2 aromatic rings. The minimum absolute atomic E-state index is 0.247. The van der Waals surface area contributed by atoms with Gasteiger partial charge < -0.3 is 5.73 Å². The van der Waals surface area contributed by atoms with Crippen LogP contribution in [0.4, 0.5) is 5.13 Å². The Balaban J connectivity index is 1.94. The molecule has 3 N–H and O–H groups in total. The molecule has 2 aromatic heterocycles. The summed E-state index contributed by atoms with van der Waals surface area (Å²) >= 11 is 2.86. The Bertz CT molecular complexity index is 566. The lowest BCUT2D eigenvalue weighted by Gasteiger charge is -1.96. The number of anilines is 1. The maximum absolute atomic E-state index is 12.0. The van der Waals surface area contributed by atoms with E-state index in [4.69, 9.17) is 5.73 Å². The van der Waals surface area contributed by atoms with Gasteiger partial charge in [-0.15, -0.1) is 21.5 Å². The number of nitrogens with two attached hydrogens (primary N) is 1. The van der Waals surface area contributed by atoms with Gasteiger partial charge in [0.25, 0.3) is 5.91 Å². The van der Waals surface area contributed by atoms with Gasteiger partial charge in [0.1, 0.15) is 10.7 Å². The maximum Gasteiger partial charge on any atom is 0.276 e. The normalized spacial score (nSPS) is 10.7. The quantitative estimate of drug-likeness (QED) is 0.816. The van der Waals surface area contributed by atoms with Gasteiger partial charge in [0.05, 0.1) is 5.01 Å². The second kappa shape index (κ2) is 7.41. The van der Waals surface area contributed by atoms with Gasteiger partial charge in [-0.05, 0) is 13.0 Å². The summed E-state index contributed by atoms with van der Waals surface area (Å²) in [6.07, 6.45) is 3.79. The Morgan fingerprint density at radius 3 is 2.95 bits per heavy atom. The second-order valence-corrected chi connectivity index (χ2v) is 6.23. The lowest BCUT2D eigenvalue weighted by Crippen LogP contribution is -2.12. The summed E-state index contributed by atoms with van der Waals surface area (Å²) in [5.41, 5.74) is 5.87. The molecule has 0 aliphatic carbocycles. The van der Waals surface area contributed by atoms with Crippen molar-refractivity contribution < 1.29 is 4.79 Å². The van der Waals surface area contributed by atoms with Gasteiger partial charge in [0.15, 0.2) is 0 Å². The van der Waals surface area contributed by atoms with E-state index >= 15 is 0 Å². The van der Waals surface area contributed by atoms with E-state index in [0.29, 0.717) is 23.8 Å². The van der Waals surface area contributed by atoms with E-state index < -0.39 is 0 Å². The average molecular weight is 311 g/mol. The van der Waals surface area contributed by atoms with Gasteiger partial charge in [-0.2, -0.15) is 0 Å². The molecule has 20 heavy (non-hydrogen) atoms. The van der Waals surface area contributed by atoms with Gasteiger partial charge in [0.2, 0.25) is 5.13 Å². The first-order chi connectivity index (χ1) is 9.72. The van der Waals surface area contributed by atoms with E-state index in [-0.39, 0.29) is 5.91 Å². The van der Waals surface area contributed by atoms with E-state index in [2.05, 4.69) is 27.4 Å². The van der Waals surface area contributed by atoms with Crippen LogP contribution in [0, 0.1) is 0 Å². The van der Waals surface area contributed by atoms with Gasteiger partial charge in [-0.3, -0.25) is 10.1 Å². The number of carbonyl (C=O) groups is 1. The lowest BCUT2D eigenvalue weighted by atomic mass is 10.3. The fraction of sp³-hybridized carbons (Fsp3) is 0.500. The molecule has 8 heteroatoms. The summed E-state index contributed by atoms with van der Waals surface area (Å²) in [5, 5.41) is 14.8. The molecule has 108 valence electrons. The van der Waals surface area contributed by atoms with Crippen molar-refractivity contribution in [3.8, 4) is 0 Å². The Labute approximate surface area is 125 Å². The molecule has 0 saturated carbocycles.